The van der Waals surface area contributed by atoms with Crippen LogP contribution < -0.4 is 10.2 Å². The van der Waals surface area contributed by atoms with Gasteiger partial charge in [-0.2, -0.15) is 0 Å². The quantitative estimate of drug-likeness (QED) is 0.734. The Labute approximate surface area is 104 Å². The van der Waals surface area contributed by atoms with E-state index in [9.17, 15) is 4.39 Å². The third kappa shape index (κ3) is 4.00. The van der Waals surface area contributed by atoms with Gasteiger partial charge in [0.25, 0.3) is 0 Å². The van der Waals surface area contributed by atoms with Gasteiger partial charge in [-0.1, -0.05) is 26.0 Å². The number of hydrogen-bond acceptors (Lipinski definition) is 2. The van der Waals surface area contributed by atoms with Gasteiger partial charge in [0.1, 0.15) is 5.82 Å². The summed E-state index contributed by atoms with van der Waals surface area (Å²) >= 11 is 0. The summed E-state index contributed by atoms with van der Waals surface area (Å²) in [6, 6.07) is 7.28. The molecule has 2 nitrogen and oxygen atoms in total. The van der Waals surface area contributed by atoms with Crippen molar-refractivity contribution in [3.63, 3.8) is 0 Å². The predicted octanol–water partition coefficient (Wildman–Crippen LogP) is 3.04. The third-order valence-electron chi connectivity index (χ3n) is 3.06. The number of anilines is 1. The van der Waals surface area contributed by atoms with Crippen LogP contribution in [0.5, 0.6) is 0 Å². The van der Waals surface area contributed by atoms with Crippen molar-refractivity contribution in [2.24, 2.45) is 0 Å². The molecule has 1 atom stereocenters. The van der Waals surface area contributed by atoms with E-state index in [1.165, 1.54) is 6.07 Å². The minimum absolute atomic E-state index is 0.149. The lowest BCUT2D eigenvalue weighted by molar-refractivity contribution is 0.529. The van der Waals surface area contributed by atoms with Crippen LogP contribution >= 0.6 is 0 Å². The summed E-state index contributed by atoms with van der Waals surface area (Å²) in [5.41, 5.74) is 0.678. The summed E-state index contributed by atoms with van der Waals surface area (Å²) in [5.74, 6) is -0.149. The lowest BCUT2D eigenvalue weighted by Gasteiger charge is -2.29. The van der Waals surface area contributed by atoms with Crippen LogP contribution in [0.15, 0.2) is 24.3 Å². The number of hydrogen-bond donors (Lipinski definition) is 1. The van der Waals surface area contributed by atoms with E-state index >= 15 is 0 Å². The van der Waals surface area contributed by atoms with Crippen LogP contribution in [0.4, 0.5) is 10.1 Å². The maximum absolute atomic E-state index is 13.7. The van der Waals surface area contributed by atoms with Gasteiger partial charge < -0.3 is 10.2 Å². The molecule has 0 amide bonds. The Hall–Kier alpha value is -1.09. The summed E-state index contributed by atoms with van der Waals surface area (Å²) < 4.78 is 13.7. The van der Waals surface area contributed by atoms with Gasteiger partial charge in [-0.25, -0.2) is 4.39 Å². The second kappa shape index (κ2) is 7.28. The maximum Gasteiger partial charge on any atom is 0.146 e. The van der Waals surface area contributed by atoms with Crippen molar-refractivity contribution < 1.29 is 4.39 Å². The van der Waals surface area contributed by atoms with Crippen LogP contribution in [0.3, 0.4) is 0 Å². The Kier molecular flexibility index (Phi) is 5.98. The highest BCUT2D eigenvalue weighted by atomic mass is 19.1. The Bertz CT molecular complexity index is 328. The molecule has 0 aliphatic rings. The molecule has 0 spiro atoms. The molecule has 0 saturated carbocycles. The Morgan fingerprint density at radius 2 is 2.00 bits per heavy atom. The number of nitrogens with zero attached hydrogens (tertiary/aromatic N) is 1. The zero-order valence-electron chi connectivity index (χ0n) is 11.0. The third-order valence-corrected chi connectivity index (χ3v) is 3.06. The van der Waals surface area contributed by atoms with E-state index in [-0.39, 0.29) is 5.82 Å². The fraction of sp³-hybridized carbons (Fsp3) is 0.571. The van der Waals surface area contributed by atoms with Crippen molar-refractivity contribution in [3.8, 4) is 0 Å². The van der Waals surface area contributed by atoms with E-state index < -0.39 is 0 Å². The zero-order valence-corrected chi connectivity index (χ0v) is 11.0. The van der Waals surface area contributed by atoms with Crippen LogP contribution in [0, 0.1) is 5.82 Å². The normalized spacial score (nSPS) is 12.5. The molecule has 1 unspecified atom stereocenters. The van der Waals surface area contributed by atoms with Gasteiger partial charge in [0.15, 0.2) is 0 Å². The molecule has 0 aliphatic carbocycles. The monoisotopic (exact) mass is 238 g/mol. The van der Waals surface area contributed by atoms with Gasteiger partial charge in [0, 0.05) is 19.6 Å². The predicted molar refractivity (Wildman–Crippen MR) is 72.0 cm³/mol. The summed E-state index contributed by atoms with van der Waals surface area (Å²) in [7, 11) is 1.96. The van der Waals surface area contributed by atoms with Crippen molar-refractivity contribution in [3.05, 3.63) is 30.1 Å². The van der Waals surface area contributed by atoms with Crippen molar-refractivity contribution in [2.45, 2.75) is 32.7 Å². The molecule has 0 radical (unpaired) electrons. The van der Waals surface area contributed by atoms with Crippen LogP contribution in [0.2, 0.25) is 0 Å². The molecule has 1 aromatic carbocycles. The molecule has 0 saturated heterocycles. The standard InChI is InChI=1S/C14H23FN2/c1-4-10-16-11-12(5-2)17(3)14-9-7-6-8-13(14)15/h6-9,12,16H,4-5,10-11H2,1-3H3. The number of para-hydroxylation sites is 1. The van der Waals surface area contributed by atoms with Gasteiger partial charge in [-0.05, 0) is 31.5 Å². The number of likely N-dealkylation sites (N-methyl/N-ethyl adjacent to an activating group) is 1. The molecule has 0 aliphatic heterocycles. The van der Waals surface area contributed by atoms with Gasteiger partial charge >= 0.3 is 0 Å². The van der Waals surface area contributed by atoms with Crippen LogP contribution in [0.25, 0.3) is 0 Å². The molecular formula is C14H23FN2. The SMILES string of the molecule is CCCNCC(CC)N(C)c1ccccc1F. The second-order valence-corrected chi connectivity index (χ2v) is 4.33. The molecule has 96 valence electrons. The van der Waals surface area contributed by atoms with Crippen molar-refractivity contribution in [2.75, 3.05) is 25.0 Å². The molecule has 1 aromatic rings. The van der Waals surface area contributed by atoms with Gasteiger partial charge in [0.05, 0.1) is 5.69 Å². The number of benzene rings is 1. The van der Waals surface area contributed by atoms with E-state index in [4.69, 9.17) is 0 Å². The Morgan fingerprint density at radius 3 is 2.59 bits per heavy atom. The average Bonchev–Trinajstić information content (AvgIpc) is 2.35. The summed E-state index contributed by atoms with van der Waals surface area (Å²) in [4.78, 5) is 2.03. The van der Waals surface area contributed by atoms with E-state index in [1.54, 1.807) is 6.07 Å². The smallest absolute Gasteiger partial charge is 0.146 e. The summed E-state index contributed by atoms with van der Waals surface area (Å²) in [6.45, 7) is 6.20. The lowest BCUT2D eigenvalue weighted by atomic mass is 10.1. The average molecular weight is 238 g/mol. The first kappa shape index (κ1) is 14.0. The second-order valence-electron chi connectivity index (χ2n) is 4.33. The molecule has 1 rings (SSSR count). The zero-order chi connectivity index (χ0) is 12.7. The molecule has 0 fully saturated rings. The van der Waals surface area contributed by atoms with E-state index in [1.807, 2.05) is 24.1 Å². The van der Waals surface area contributed by atoms with E-state index in [2.05, 4.69) is 19.2 Å². The minimum Gasteiger partial charge on any atom is -0.368 e. The highest BCUT2D eigenvalue weighted by Gasteiger charge is 2.15. The fourth-order valence-electron chi connectivity index (χ4n) is 1.94. The molecule has 0 heterocycles. The molecule has 17 heavy (non-hydrogen) atoms. The highest BCUT2D eigenvalue weighted by molar-refractivity contribution is 5.47. The van der Waals surface area contributed by atoms with Crippen LogP contribution in [-0.4, -0.2) is 26.2 Å². The molecular weight excluding hydrogens is 215 g/mol. The first-order valence-electron chi connectivity index (χ1n) is 6.38. The number of halogens is 1. The lowest BCUT2D eigenvalue weighted by Crippen LogP contribution is -2.40. The molecule has 3 heteroatoms. The maximum atomic E-state index is 13.7. The number of nitrogens with one attached hydrogen (secondary N) is 1. The summed E-state index contributed by atoms with van der Waals surface area (Å²) in [6.07, 6.45) is 2.13. The Balaban J connectivity index is 2.65. The largest absolute Gasteiger partial charge is 0.368 e. The van der Waals surface area contributed by atoms with Crippen LogP contribution in [0.1, 0.15) is 26.7 Å². The first-order valence-corrected chi connectivity index (χ1v) is 6.38. The Morgan fingerprint density at radius 1 is 1.29 bits per heavy atom. The first-order chi connectivity index (χ1) is 8.20. The van der Waals surface area contributed by atoms with Crippen molar-refractivity contribution in [1.29, 1.82) is 0 Å². The highest BCUT2D eigenvalue weighted by Crippen LogP contribution is 2.20. The van der Waals surface area contributed by atoms with Gasteiger partial charge in [-0.3, -0.25) is 0 Å². The topological polar surface area (TPSA) is 15.3 Å². The van der Waals surface area contributed by atoms with E-state index in [0.717, 1.165) is 25.9 Å². The number of rotatable bonds is 7. The van der Waals surface area contributed by atoms with Crippen molar-refractivity contribution in [1.82, 2.24) is 5.32 Å². The van der Waals surface area contributed by atoms with Gasteiger partial charge in [0.2, 0.25) is 0 Å². The van der Waals surface area contributed by atoms with Crippen molar-refractivity contribution >= 4 is 5.69 Å². The fourth-order valence-corrected chi connectivity index (χ4v) is 1.94. The van der Waals surface area contributed by atoms with Gasteiger partial charge in [-0.15, -0.1) is 0 Å². The minimum atomic E-state index is -0.149. The summed E-state index contributed by atoms with van der Waals surface area (Å²) in [5, 5.41) is 3.39. The van der Waals surface area contributed by atoms with Crippen LogP contribution in [-0.2, 0) is 0 Å². The van der Waals surface area contributed by atoms with E-state index in [0.29, 0.717) is 11.7 Å². The molecule has 0 aromatic heterocycles. The molecule has 1 N–H and O–H groups in total. The molecule has 0 bridgehead atoms.